The van der Waals surface area contributed by atoms with E-state index in [2.05, 4.69) is 31.4 Å². The highest BCUT2D eigenvalue weighted by atomic mass is 19.1. The third kappa shape index (κ3) is 3.57. The number of nitrogens with one attached hydrogen (secondary N) is 2. The standard InChI is InChI=1S/C24H18FN7O/c1-13(15-5-3-4-14(8-15)10-26)29-24(33)18-11-27-23-22(18)30-19(12-28-23)21-17-7-6-16(25)9-20(17)32(2)31-21/h3-9,11-13H,1-2H3,(H,27,28)(H,29,33)/t13-/m1/s1. The Balaban J connectivity index is 1.50. The fraction of sp³-hybridized carbons (Fsp3) is 0.125. The maximum Gasteiger partial charge on any atom is 0.255 e. The van der Waals surface area contributed by atoms with Crippen molar-refractivity contribution in [3.05, 3.63) is 77.4 Å². The Labute approximate surface area is 187 Å². The van der Waals surface area contributed by atoms with Crippen molar-refractivity contribution in [2.45, 2.75) is 13.0 Å². The van der Waals surface area contributed by atoms with Gasteiger partial charge in [-0.3, -0.25) is 9.48 Å². The van der Waals surface area contributed by atoms with Gasteiger partial charge in [-0.05, 0) is 42.8 Å². The van der Waals surface area contributed by atoms with Crippen LogP contribution in [0, 0.1) is 17.1 Å². The lowest BCUT2D eigenvalue weighted by molar-refractivity contribution is 0.0941. The van der Waals surface area contributed by atoms with E-state index in [0.717, 1.165) is 10.9 Å². The van der Waals surface area contributed by atoms with Gasteiger partial charge < -0.3 is 10.3 Å². The van der Waals surface area contributed by atoms with E-state index < -0.39 is 0 Å². The van der Waals surface area contributed by atoms with Crippen molar-refractivity contribution in [3.8, 4) is 17.5 Å². The number of fused-ring (bicyclic) bond motifs is 2. The summed E-state index contributed by atoms with van der Waals surface area (Å²) in [6.07, 6.45) is 3.13. The van der Waals surface area contributed by atoms with Gasteiger partial charge in [0.1, 0.15) is 22.7 Å². The molecule has 1 amide bonds. The molecule has 0 spiro atoms. The number of halogens is 1. The van der Waals surface area contributed by atoms with E-state index in [0.29, 0.717) is 39.2 Å². The summed E-state index contributed by atoms with van der Waals surface area (Å²) in [5, 5.41) is 17.3. The number of hydrogen-bond acceptors (Lipinski definition) is 5. The Hall–Kier alpha value is -4.58. The molecule has 3 aromatic heterocycles. The number of carbonyl (C=O) groups excluding carboxylic acids is 1. The first kappa shape index (κ1) is 20.3. The van der Waals surface area contributed by atoms with Gasteiger partial charge in [0.2, 0.25) is 0 Å². The lowest BCUT2D eigenvalue weighted by Crippen LogP contribution is -2.26. The molecule has 2 N–H and O–H groups in total. The van der Waals surface area contributed by atoms with E-state index in [1.807, 2.05) is 13.0 Å². The molecule has 0 saturated carbocycles. The minimum atomic E-state index is -0.349. The number of carbonyl (C=O) groups is 1. The molecule has 0 aliphatic rings. The largest absolute Gasteiger partial charge is 0.345 e. The monoisotopic (exact) mass is 439 g/mol. The highest BCUT2D eigenvalue weighted by Gasteiger charge is 2.20. The van der Waals surface area contributed by atoms with Gasteiger partial charge in [0.25, 0.3) is 5.91 Å². The van der Waals surface area contributed by atoms with Crippen LogP contribution < -0.4 is 5.32 Å². The molecule has 0 unspecified atom stereocenters. The molecular formula is C24H18FN7O. The van der Waals surface area contributed by atoms with E-state index in [-0.39, 0.29) is 17.8 Å². The van der Waals surface area contributed by atoms with Crippen molar-refractivity contribution < 1.29 is 9.18 Å². The van der Waals surface area contributed by atoms with Crippen LogP contribution in [0.2, 0.25) is 0 Å². The van der Waals surface area contributed by atoms with Gasteiger partial charge in [0.05, 0.1) is 35.0 Å². The zero-order chi connectivity index (χ0) is 23.1. The van der Waals surface area contributed by atoms with Crippen LogP contribution in [-0.4, -0.2) is 30.6 Å². The van der Waals surface area contributed by atoms with Gasteiger partial charge in [-0.2, -0.15) is 10.4 Å². The molecule has 0 saturated heterocycles. The van der Waals surface area contributed by atoms with Crippen LogP contribution in [0.4, 0.5) is 4.39 Å². The molecule has 5 aromatic rings. The van der Waals surface area contributed by atoms with Crippen LogP contribution >= 0.6 is 0 Å². The first-order valence-corrected chi connectivity index (χ1v) is 10.2. The predicted octanol–water partition coefficient (Wildman–Crippen LogP) is 4.01. The summed E-state index contributed by atoms with van der Waals surface area (Å²) in [4.78, 5) is 25.1. The van der Waals surface area contributed by atoms with E-state index in [1.54, 1.807) is 48.4 Å². The molecule has 0 aliphatic heterocycles. The van der Waals surface area contributed by atoms with Gasteiger partial charge in [0, 0.05) is 18.6 Å². The molecule has 3 heterocycles. The van der Waals surface area contributed by atoms with Crippen LogP contribution in [0.3, 0.4) is 0 Å². The minimum Gasteiger partial charge on any atom is -0.345 e. The van der Waals surface area contributed by atoms with Crippen molar-refractivity contribution >= 4 is 28.0 Å². The molecule has 0 bridgehead atoms. The number of nitriles is 1. The highest BCUT2D eigenvalue weighted by molar-refractivity contribution is 6.05. The Bertz CT molecular complexity index is 1580. The Kier molecular flexibility index (Phi) is 4.83. The van der Waals surface area contributed by atoms with Crippen molar-refractivity contribution in [1.29, 1.82) is 5.26 Å². The van der Waals surface area contributed by atoms with Crippen LogP contribution in [0.25, 0.3) is 33.5 Å². The molecule has 1 atom stereocenters. The van der Waals surface area contributed by atoms with Gasteiger partial charge in [-0.25, -0.2) is 14.4 Å². The number of benzene rings is 2. The number of rotatable bonds is 4. The Morgan fingerprint density at radius 3 is 2.94 bits per heavy atom. The van der Waals surface area contributed by atoms with E-state index in [9.17, 15) is 9.18 Å². The Morgan fingerprint density at radius 2 is 2.12 bits per heavy atom. The maximum absolute atomic E-state index is 13.7. The number of aryl methyl sites for hydroxylation is 1. The lowest BCUT2D eigenvalue weighted by Gasteiger charge is -2.14. The van der Waals surface area contributed by atoms with Crippen LogP contribution in [-0.2, 0) is 7.05 Å². The molecule has 5 rings (SSSR count). The molecule has 2 aromatic carbocycles. The summed E-state index contributed by atoms with van der Waals surface area (Å²) in [7, 11) is 1.73. The zero-order valence-corrected chi connectivity index (χ0v) is 17.8. The molecule has 9 heteroatoms. The SMILES string of the molecule is C[C@@H](NC(=O)c1c[nH]c2ncc(-c3nn(C)c4cc(F)ccc34)nc12)c1cccc(C#N)c1. The topological polar surface area (TPSA) is 112 Å². The highest BCUT2D eigenvalue weighted by Crippen LogP contribution is 2.28. The smallest absolute Gasteiger partial charge is 0.255 e. The summed E-state index contributed by atoms with van der Waals surface area (Å²) in [6.45, 7) is 1.85. The zero-order valence-electron chi connectivity index (χ0n) is 17.8. The molecular weight excluding hydrogens is 421 g/mol. The van der Waals surface area contributed by atoms with Gasteiger partial charge >= 0.3 is 0 Å². The van der Waals surface area contributed by atoms with Crippen molar-refractivity contribution in [3.63, 3.8) is 0 Å². The summed E-state index contributed by atoms with van der Waals surface area (Å²) in [5.74, 6) is -0.673. The number of nitrogens with zero attached hydrogens (tertiary/aromatic N) is 5. The third-order valence-electron chi connectivity index (χ3n) is 5.54. The second-order valence-electron chi connectivity index (χ2n) is 7.72. The minimum absolute atomic E-state index is 0.318. The number of aromatic amines is 1. The maximum atomic E-state index is 13.7. The summed E-state index contributed by atoms with van der Waals surface area (Å²) >= 11 is 0. The third-order valence-corrected chi connectivity index (χ3v) is 5.54. The molecule has 8 nitrogen and oxygen atoms in total. The van der Waals surface area contributed by atoms with Crippen LogP contribution in [0.15, 0.2) is 54.9 Å². The summed E-state index contributed by atoms with van der Waals surface area (Å²) in [5.41, 5.74) is 4.22. The lowest BCUT2D eigenvalue weighted by atomic mass is 10.1. The first-order chi connectivity index (χ1) is 15.9. The fourth-order valence-corrected chi connectivity index (χ4v) is 3.83. The first-order valence-electron chi connectivity index (χ1n) is 10.2. The number of aromatic nitrogens is 5. The number of amides is 1. The predicted molar refractivity (Wildman–Crippen MR) is 121 cm³/mol. The average molecular weight is 439 g/mol. The summed E-state index contributed by atoms with van der Waals surface area (Å²) in [6, 6.07) is 13.3. The molecule has 0 aliphatic carbocycles. The molecule has 0 radical (unpaired) electrons. The van der Waals surface area contributed by atoms with E-state index in [1.165, 1.54) is 12.1 Å². The molecule has 0 fully saturated rings. The quantitative estimate of drug-likeness (QED) is 0.439. The average Bonchev–Trinajstić information content (AvgIpc) is 3.39. The second-order valence-corrected chi connectivity index (χ2v) is 7.72. The van der Waals surface area contributed by atoms with E-state index >= 15 is 0 Å². The summed E-state index contributed by atoms with van der Waals surface area (Å²) < 4.78 is 15.3. The second kappa shape index (κ2) is 7.84. The fourth-order valence-electron chi connectivity index (χ4n) is 3.83. The van der Waals surface area contributed by atoms with Gasteiger partial charge in [0.15, 0.2) is 5.65 Å². The Morgan fingerprint density at radius 1 is 1.27 bits per heavy atom. The number of H-pyrrole nitrogens is 1. The van der Waals surface area contributed by atoms with Crippen molar-refractivity contribution in [2.24, 2.45) is 7.05 Å². The van der Waals surface area contributed by atoms with Crippen molar-refractivity contribution in [1.82, 2.24) is 30.0 Å². The number of hydrogen-bond donors (Lipinski definition) is 2. The van der Waals surface area contributed by atoms with Crippen LogP contribution in [0.5, 0.6) is 0 Å². The van der Waals surface area contributed by atoms with Crippen molar-refractivity contribution in [2.75, 3.05) is 0 Å². The van der Waals surface area contributed by atoms with Gasteiger partial charge in [-0.15, -0.1) is 0 Å². The van der Waals surface area contributed by atoms with Crippen LogP contribution in [0.1, 0.15) is 34.5 Å². The normalized spacial score (nSPS) is 12.1. The molecule has 162 valence electrons. The van der Waals surface area contributed by atoms with E-state index in [4.69, 9.17) is 5.26 Å². The molecule has 33 heavy (non-hydrogen) atoms. The van der Waals surface area contributed by atoms with Gasteiger partial charge in [-0.1, -0.05) is 12.1 Å².